The summed E-state index contributed by atoms with van der Waals surface area (Å²) in [5.41, 5.74) is 0.696. The summed E-state index contributed by atoms with van der Waals surface area (Å²) in [7, 11) is 0. The van der Waals surface area contributed by atoms with E-state index in [9.17, 15) is 4.79 Å². The van der Waals surface area contributed by atoms with Crippen LogP contribution in [0.25, 0.3) is 0 Å². The molecule has 1 rings (SSSR count). The quantitative estimate of drug-likeness (QED) is 0.309. The molecule has 0 amide bonds. The molecule has 1 aromatic heterocycles. The summed E-state index contributed by atoms with van der Waals surface area (Å²) < 4.78 is 1.77. The molecule has 0 unspecified atom stereocenters. The molecule has 0 atom stereocenters. The van der Waals surface area contributed by atoms with Crippen LogP contribution in [0.1, 0.15) is 45.2 Å². The molecule has 0 N–H and O–H groups in total. The zero-order valence-electron chi connectivity index (χ0n) is 12.1. The van der Waals surface area contributed by atoms with Crippen LogP contribution in [0.15, 0.2) is 6.20 Å². The van der Waals surface area contributed by atoms with Crippen molar-refractivity contribution in [3.8, 4) is 0 Å². The average Bonchev–Trinajstić information content (AvgIpc) is 2.65. The molecular weight excluding hydrogens is 280 g/mol. The van der Waals surface area contributed by atoms with Gasteiger partial charge in [-0.2, -0.15) is 25.4 Å². The van der Waals surface area contributed by atoms with Gasteiger partial charge in [-0.3, -0.25) is 6.29 Å². The first-order valence-electron chi connectivity index (χ1n) is 5.55. The van der Waals surface area contributed by atoms with Gasteiger partial charge in [0, 0.05) is 6.54 Å². The van der Waals surface area contributed by atoms with Gasteiger partial charge in [0.25, 0.3) is 0 Å². The van der Waals surface area contributed by atoms with Crippen LogP contribution >= 0.6 is 0 Å². The molecule has 0 saturated heterocycles. The summed E-state index contributed by atoms with van der Waals surface area (Å²) in [5, 5.41) is 7.63. The van der Waals surface area contributed by atoms with E-state index in [1.807, 2.05) is 32.8 Å². The predicted molar refractivity (Wildman–Crippen MR) is 64.3 cm³/mol. The first-order chi connectivity index (χ1) is 7.74. The van der Waals surface area contributed by atoms with Crippen molar-refractivity contribution in [3.05, 3.63) is 25.2 Å². The second-order valence-corrected chi connectivity index (χ2v) is 3.51. The van der Waals surface area contributed by atoms with Crippen molar-refractivity contribution in [2.45, 2.75) is 46.1 Å². The molecule has 92 valence electrons. The Morgan fingerprint density at radius 3 is 2.39 bits per heavy atom. The monoisotopic (exact) mass is 300 g/mol. The first-order valence-corrected chi connectivity index (χ1v) is 5.55. The smallest absolute Gasteiger partial charge is 0.542 e. The molecule has 0 bridgehead atoms. The summed E-state index contributed by atoms with van der Waals surface area (Å²) in [6, 6.07) is 0. The Kier molecular flexibility index (Phi) is 26.3. The molecule has 1 heterocycles. The van der Waals surface area contributed by atoms with Crippen molar-refractivity contribution in [3.63, 3.8) is 0 Å². The van der Waals surface area contributed by atoms with Gasteiger partial charge < -0.3 is 15.9 Å². The number of hydrogen-bond donors (Lipinski definition) is 0. The van der Waals surface area contributed by atoms with Crippen molar-refractivity contribution in [1.82, 2.24) is 15.0 Å². The minimum Gasteiger partial charge on any atom is -0.542 e. The van der Waals surface area contributed by atoms with Crippen LogP contribution in [0.5, 0.6) is 0 Å². The van der Waals surface area contributed by atoms with Crippen LogP contribution in [0, 0.1) is 13.3 Å². The Labute approximate surface area is 196 Å². The number of hydrogen-bond acceptors (Lipinski definition) is 3. The number of aromatic nitrogens is 3. The summed E-state index contributed by atoms with van der Waals surface area (Å²) in [4.78, 5) is 9.88. The van der Waals surface area contributed by atoms with Crippen molar-refractivity contribution < 1.29 is 108 Å². The van der Waals surface area contributed by atoms with E-state index in [0.29, 0.717) is 12.1 Å². The molecular formula is C12H20K2N3O-. The van der Waals surface area contributed by atoms with Gasteiger partial charge in [0.2, 0.25) is 0 Å². The zero-order chi connectivity index (χ0) is 12.2. The Bertz CT molecular complexity index is 280. The third-order valence-electron chi connectivity index (χ3n) is 1.75. The van der Waals surface area contributed by atoms with Gasteiger partial charge >= 0.3 is 103 Å². The molecule has 0 spiro atoms. The van der Waals surface area contributed by atoms with Crippen LogP contribution in [0.2, 0.25) is 0 Å². The molecule has 4 nitrogen and oxygen atoms in total. The van der Waals surface area contributed by atoms with E-state index >= 15 is 0 Å². The summed E-state index contributed by atoms with van der Waals surface area (Å²) >= 11 is 0. The molecule has 1 aromatic rings. The van der Waals surface area contributed by atoms with Crippen LogP contribution in [0.3, 0.4) is 0 Å². The third-order valence-corrected chi connectivity index (χ3v) is 1.75. The van der Waals surface area contributed by atoms with Gasteiger partial charge in [-0.25, -0.2) is 6.92 Å². The number of nitrogens with zero attached hydrogens (tertiary/aromatic N) is 3. The summed E-state index contributed by atoms with van der Waals surface area (Å²) in [5.74, 6) is 0. The molecule has 0 radical (unpaired) electrons. The Hall–Kier alpha value is 1.95. The van der Waals surface area contributed by atoms with Crippen molar-refractivity contribution in [1.29, 1.82) is 0 Å². The zero-order valence-corrected chi connectivity index (χ0v) is 18.4. The number of carbonyl (C=O) groups excluding carboxylic acids is 1. The number of aryl methyl sites for hydroxylation is 1. The van der Waals surface area contributed by atoms with Crippen LogP contribution in [0.4, 0.5) is 0 Å². The van der Waals surface area contributed by atoms with E-state index in [1.54, 1.807) is 4.68 Å². The maximum absolute atomic E-state index is 9.88. The fourth-order valence-corrected chi connectivity index (χ4v) is 1.10. The second kappa shape index (κ2) is 19.0. The summed E-state index contributed by atoms with van der Waals surface area (Å²) in [6.45, 7) is 8.50. The van der Waals surface area contributed by atoms with Gasteiger partial charge in [0.15, 0.2) is 0 Å². The number of unbranched alkanes of at least 4 members (excludes halogenated alkanes) is 3. The van der Waals surface area contributed by atoms with E-state index in [4.69, 9.17) is 0 Å². The van der Waals surface area contributed by atoms with Crippen molar-refractivity contribution in [2.75, 3.05) is 0 Å². The molecule has 18 heavy (non-hydrogen) atoms. The molecule has 0 fully saturated rings. The fraction of sp³-hybridized carbons (Fsp3) is 0.583. The van der Waals surface area contributed by atoms with E-state index in [2.05, 4.69) is 17.2 Å². The van der Waals surface area contributed by atoms with E-state index < -0.39 is 0 Å². The molecule has 0 aliphatic heterocycles. The minimum absolute atomic E-state index is 0. The molecule has 0 aliphatic rings. The minimum atomic E-state index is 0. The Morgan fingerprint density at radius 2 is 1.94 bits per heavy atom. The molecule has 0 aromatic carbocycles. The van der Waals surface area contributed by atoms with Crippen LogP contribution in [-0.2, 0) is 11.3 Å². The Morgan fingerprint density at radius 1 is 1.33 bits per heavy atom. The van der Waals surface area contributed by atoms with Gasteiger partial charge in [-0.1, -0.05) is 29.9 Å². The number of rotatable bonds is 6. The summed E-state index contributed by atoms with van der Waals surface area (Å²) in [6.07, 6.45) is 9.19. The normalized spacial score (nSPS) is 8.33. The topological polar surface area (TPSA) is 47.8 Å². The van der Waals surface area contributed by atoms with Crippen molar-refractivity contribution >= 4 is 6.29 Å². The van der Waals surface area contributed by atoms with E-state index in [0.717, 1.165) is 25.8 Å². The van der Waals surface area contributed by atoms with Gasteiger partial charge in [0.05, 0.1) is 0 Å². The molecule has 0 saturated carbocycles. The molecule has 0 aliphatic carbocycles. The predicted octanol–water partition coefficient (Wildman–Crippen LogP) is -3.63. The maximum atomic E-state index is 9.88. The van der Waals surface area contributed by atoms with Crippen LogP contribution < -0.4 is 103 Å². The average molecular weight is 301 g/mol. The van der Waals surface area contributed by atoms with Crippen LogP contribution in [-0.4, -0.2) is 21.3 Å². The third kappa shape index (κ3) is 16.0. The van der Waals surface area contributed by atoms with Gasteiger partial charge in [-0.15, -0.1) is 0 Å². The largest absolute Gasteiger partial charge is 1.00 e. The second-order valence-electron chi connectivity index (χ2n) is 3.51. The van der Waals surface area contributed by atoms with Gasteiger partial charge in [0.1, 0.15) is 0 Å². The SMILES string of the molecule is C[CH-]C.[CH2-]c1cn(CCCCC[C-]=O)nn1.[K+].[K+]. The molecule has 6 heteroatoms. The Balaban J connectivity index is -0.000000410. The van der Waals surface area contributed by atoms with E-state index in [-0.39, 0.29) is 103 Å². The van der Waals surface area contributed by atoms with E-state index in [1.165, 1.54) is 0 Å². The standard InChI is InChI=1S/C9H13N3O.C3H7.2K/c1-9-8-12(11-10-9)6-4-2-3-5-7-13;1-3-2;;/h8H,1-6H2;3H,1-2H3;;/q-2;-1;2*+1. The first kappa shape index (κ1) is 24.9. The van der Waals surface area contributed by atoms with Crippen molar-refractivity contribution in [2.24, 2.45) is 0 Å². The fourth-order valence-electron chi connectivity index (χ4n) is 1.10. The maximum Gasteiger partial charge on any atom is 1.00 e. The van der Waals surface area contributed by atoms with Gasteiger partial charge in [-0.05, 0) is 6.42 Å².